The fourth-order valence-electron chi connectivity index (χ4n) is 0. The molecule has 0 fully saturated rings. The first-order valence-electron chi connectivity index (χ1n) is 0.565. The minimum atomic E-state index is -1.50. The van der Waals surface area contributed by atoms with Crippen LogP contribution in [0.5, 0.6) is 0 Å². The van der Waals surface area contributed by atoms with E-state index in [1.807, 2.05) is 0 Å². The van der Waals surface area contributed by atoms with Gasteiger partial charge >= 0.3 is 0 Å². The van der Waals surface area contributed by atoms with Crippen molar-refractivity contribution in [2.45, 2.75) is 0 Å². The van der Waals surface area contributed by atoms with Gasteiger partial charge < -0.3 is 5.21 Å². The van der Waals surface area contributed by atoms with Gasteiger partial charge in [-0.25, -0.2) is 0 Å². The zero-order valence-corrected chi connectivity index (χ0v) is 5.52. The van der Waals surface area contributed by atoms with Gasteiger partial charge in [-0.2, -0.15) is 0 Å². The van der Waals surface area contributed by atoms with Crippen LogP contribution in [0, 0.1) is 39.3 Å². The Balaban J connectivity index is 0. The number of nitrogens with zero attached hydrogens (tertiary/aromatic N) is 1. The van der Waals surface area contributed by atoms with Crippen molar-refractivity contribution in [2.24, 2.45) is 0 Å². The fourth-order valence-corrected chi connectivity index (χ4v) is 0. The maximum Gasteiger partial charge on any atom is 0.291 e. The molecule has 0 aromatic carbocycles. The summed E-state index contributed by atoms with van der Waals surface area (Å²) in [6, 6.07) is 0. The third kappa shape index (κ3) is 573. The van der Waals surface area contributed by atoms with Crippen molar-refractivity contribution < 1.29 is 39.5 Å². The Hall–Kier alpha value is 0.187. The summed E-state index contributed by atoms with van der Waals surface area (Å²) in [6.07, 6.45) is 0. The monoisotopic (exact) mass is 301 g/mol. The van der Waals surface area contributed by atoms with Crippen LogP contribution in [-0.2, 0) is 0 Å². The van der Waals surface area contributed by atoms with Crippen molar-refractivity contribution in [2.75, 3.05) is 0 Å². The predicted molar refractivity (Wildman–Crippen MR) is 8.78 cm³/mol. The van der Waals surface area contributed by atoms with Gasteiger partial charge in [0.1, 0.15) is 0 Å². The minimum Gasteiger partial charge on any atom is -0.328 e. The van der Waals surface area contributed by atoms with Crippen LogP contribution in [-0.4, -0.2) is 10.3 Å². The first-order valence-corrected chi connectivity index (χ1v) is 0.565. The van der Waals surface area contributed by atoms with E-state index >= 15 is 0 Å². The van der Waals surface area contributed by atoms with Gasteiger partial charge in [0.05, 0.1) is 0 Å². The van der Waals surface area contributed by atoms with E-state index < -0.39 is 5.09 Å². The van der Waals surface area contributed by atoms with E-state index in [2.05, 4.69) is 0 Å². The van der Waals surface area contributed by atoms with Crippen LogP contribution in [0.25, 0.3) is 0 Å². The molecule has 0 aromatic heterocycles. The summed E-state index contributed by atoms with van der Waals surface area (Å²) in [5.41, 5.74) is 0. The second-order valence-corrected chi connectivity index (χ2v) is 0.238. The number of hydrogen-bond acceptors (Lipinski definition) is 2. The Morgan fingerprint density at radius 3 is 1.80 bits per heavy atom. The third-order valence-electron chi connectivity index (χ3n) is 0. The standard InChI is InChI=1S/HNO3.Pu/c2-1(3)4;/h(H,2,3,4);. The molecule has 30 valence electrons. The second kappa shape index (κ2) is 4.19. The molecule has 0 bridgehead atoms. The molecule has 0 unspecified atom stereocenters. The molecule has 0 aliphatic carbocycles. The van der Waals surface area contributed by atoms with E-state index in [1.165, 1.54) is 0 Å². The van der Waals surface area contributed by atoms with Gasteiger partial charge in [0.25, 0.3) is 5.09 Å². The summed E-state index contributed by atoms with van der Waals surface area (Å²) in [4.78, 5) is 8.36. The molecule has 0 radical (unpaired) electrons. The van der Waals surface area contributed by atoms with Crippen LogP contribution in [0.1, 0.15) is 0 Å². The molecule has 0 heterocycles. The Morgan fingerprint density at radius 2 is 1.80 bits per heavy atom. The van der Waals surface area contributed by atoms with E-state index in [9.17, 15) is 0 Å². The smallest absolute Gasteiger partial charge is 0.291 e. The van der Waals surface area contributed by atoms with Crippen LogP contribution in [0.4, 0.5) is 0 Å². The predicted octanol–water partition coefficient (Wildman–Crippen LogP) is -0.348. The van der Waals surface area contributed by atoms with Crippen molar-refractivity contribution in [3.05, 3.63) is 10.1 Å². The van der Waals surface area contributed by atoms with E-state index in [4.69, 9.17) is 15.3 Å². The average molecular weight is 307 g/mol. The van der Waals surface area contributed by atoms with Crippen LogP contribution < -0.4 is 0 Å². The van der Waals surface area contributed by atoms with Gasteiger partial charge in [-0.3, -0.25) is 0 Å². The summed E-state index contributed by atoms with van der Waals surface area (Å²) in [7, 11) is 0. The zero-order valence-electron chi connectivity index (χ0n) is 2.12. The fraction of sp³-hybridized carbons (Fsp3) is 0. The molecule has 0 aliphatic rings. The molecule has 0 atom stereocenters. The van der Waals surface area contributed by atoms with Gasteiger partial charge in [0.15, 0.2) is 0 Å². The Labute approximate surface area is 49.8 Å². The molecule has 5 heavy (non-hydrogen) atoms. The molecule has 1 N–H and O–H groups in total. The molecule has 5 heteroatoms. The maximum absolute atomic E-state index is 8.36. The van der Waals surface area contributed by atoms with Crippen molar-refractivity contribution in [3.63, 3.8) is 0 Å². The molecule has 4 nitrogen and oxygen atoms in total. The van der Waals surface area contributed by atoms with E-state index in [0.29, 0.717) is 0 Å². The summed E-state index contributed by atoms with van der Waals surface area (Å²) in [5.74, 6) is 0. The van der Waals surface area contributed by atoms with Crippen molar-refractivity contribution in [1.29, 1.82) is 0 Å². The summed E-state index contributed by atoms with van der Waals surface area (Å²) < 4.78 is 0. The van der Waals surface area contributed by atoms with Crippen molar-refractivity contribution in [1.82, 2.24) is 0 Å². The minimum absolute atomic E-state index is 0. The average Bonchev–Trinajstić information content (AvgIpc) is 0.811. The molecule has 0 amide bonds. The normalized spacial score (nSPS) is 4.80. The molecule has 0 saturated heterocycles. The van der Waals surface area contributed by atoms with E-state index in [1.54, 1.807) is 0 Å². The van der Waals surface area contributed by atoms with Gasteiger partial charge in [-0.1, -0.05) is 0 Å². The van der Waals surface area contributed by atoms with Crippen molar-refractivity contribution >= 4 is 0 Å². The Morgan fingerprint density at radius 1 is 1.80 bits per heavy atom. The summed E-state index contributed by atoms with van der Waals surface area (Å²) >= 11 is 0. The quantitative estimate of drug-likeness (QED) is 0.492. The van der Waals surface area contributed by atoms with Gasteiger partial charge in [0.2, 0.25) is 0 Å². The second-order valence-electron chi connectivity index (χ2n) is 0.238. The maximum atomic E-state index is 8.36. The van der Waals surface area contributed by atoms with Crippen LogP contribution in [0.3, 0.4) is 0 Å². The molecule has 0 spiro atoms. The third-order valence-corrected chi connectivity index (χ3v) is 0. The molecule has 0 rings (SSSR count). The molecule has 0 saturated carbocycles. The summed E-state index contributed by atoms with van der Waals surface area (Å²) in [5, 5.41) is 13.6. The number of hydrogen-bond donors (Lipinski definition) is 1. The van der Waals surface area contributed by atoms with Crippen LogP contribution >= 0.6 is 0 Å². The van der Waals surface area contributed by atoms with Crippen LogP contribution in [0.15, 0.2) is 0 Å². The Bertz CT molecular complexity index is 29.9. The Kier molecular flexibility index (Phi) is 7.50. The largest absolute Gasteiger partial charge is 0.328 e. The molecular formula is HNO3Pu. The summed E-state index contributed by atoms with van der Waals surface area (Å²) in [6.45, 7) is 0. The molecule has 0 aromatic rings. The van der Waals surface area contributed by atoms with Gasteiger partial charge in [0, 0.05) is 29.2 Å². The topological polar surface area (TPSA) is 63.4 Å². The first-order chi connectivity index (χ1) is 1.73. The van der Waals surface area contributed by atoms with E-state index in [-0.39, 0.29) is 29.2 Å². The van der Waals surface area contributed by atoms with Gasteiger partial charge in [-0.15, -0.1) is 10.1 Å². The number of rotatable bonds is 0. The van der Waals surface area contributed by atoms with Crippen molar-refractivity contribution in [3.8, 4) is 0 Å². The van der Waals surface area contributed by atoms with Crippen LogP contribution in [0.2, 0.25) is 0 Å². The van der Waals surface area contributed by atoms with Gasteiger partial charge in [-0.05, 0) is 0 Å². The SMILES string of the molecule is O=[N+]([O-])O.[Pu]. The van der Waals surface area contributed by atoms with E-state index in [0.717, 1.165) is 0 Å². The first kappa shape index (κ1) is 8.95. The molecule has 0 aliphatic heterocycles. The molecular weight excluding hydrogens is 306 g/mol. The zero-order chi connectivity index (χ0) is 3.58.